The van der Waals surface area contributed by atoms with Crippen molar-refractivity contribution in [1.82, 2.24) is 5.32 Å². The molecule has 3 rings (SSSR count). The SMILES string of the molecule is NC[C@@H]1CC[C@@H](CC(=O)N[C@H]2Cc3cccc(C(=O)O)c3OB2O)C[C@H]1CN. The molecule has 1 aliphatic heterocycles. The first-order valence-corrected chi connectivity index (χ1v) is 9.82. The molecule has 1 aromatic rings. The van der Waals surface area contributed by atoms with E-state index in [1.54, 1.807) is 12.1 Å². The number of carbonyl (C=O) groups is 2. The maximum Gasteiger partial charge on any atom is 0.547 e. The minimum atomic E-state index is -1.29. The number of carbonyl (C=O) groups excluding carboxylic acids is 1. The highest BCUT2D eigenvalue weighted by Crippen LogP contribution is 2.35. The van der Waals surface area contributed by atoms with Gasteiger partial charge in [-0.25, -0.2) is 4.79 Å². The molecular formula is C19H28BN3O5. The number of rotatable bonds is 6. The van der Waals surface area contributed by atoms with Gasteiger partial charge in [-0.15, -0.1) is 0 Å². The summed E-state index contributed by atoms with van der Waals surface area (Å²) in [5.74, 6) is -0.677. The van der Waals surface area contributed by atoms with Crippen LogP contribution in [0.25, 0.3) is 0 Å². The minimum absolute atomic E-state index is 0.00539. The maximum absolute atomic E-state index is 12.5. The zero-order valence-corrected chi connectivity index (χ0v) is 15.8. The number of carboxylic acids is 1. The maximum atomic E-state index is 12.5. The predicted octanol–water partition coefficient (Wildman–Crippen LogP) is 0.164. The van der Waals surface area contributed by atoms with Crippen molar-refractivity contribution in [2.45, 2.75) is 38.0 Å². The lowest BCUT2D eigenvalue weighted by atomic mass is 9.71. The average molecular weight is 389 g/mol. The fraction of sp³-hybridized carbons (Fsp3) is 0.579. The molecule has 2 aliphatic rings. The molecule has 0 spiro atoms. The van der Waals surface area contributed by atoms with Gasteiger partial charge in [0.25, 0.3) is 0 Å². The highest BCUT2D eigenvalue weighted by Gasteiger charge is 2.38. The van der Waals surface area contributed by atoms with Crippen molar-refractivity contribution >= 4 is 19.0 Å². The van der Waals surface area contributed by atoms with Crippen molar-refractivity contribution in [3.63, 3.8) is 0 Å². The molecule has 152 valence electrons. The third kappa shape index (κ3) is 4.48. The molecule has 0 bridgehead atoms. The van der Waals surface area contributed by atoms with E-state index in [2.05, 4.69) is 5.32 Å². The molecule has 0 saturated heterocycles. The summed E-state index contributed by atoms with van der Waals surface area (Å²) in [7, 11) is -1.29. The van der Waals surface area contributed by atoms with Crippen LogP contribution >= 0.6 is 0 Å². The van der Waals surface area contributed by atoms with E-state index in [-0.39, 0.29) is 23.1 Å². The third-order valence-electron chi connectivity index (χ3n) is 6.02. The van der Waals surface area contributed by atoms with E-state index in [0.29, 0.717) is 43.3 Å². The Labute approximate surface area is 164 Å². The second-order valence-corrected chi connectivity index (χ2v) is 7.86. The largest absolute Gasteiger partial charge is 0.547 e. The number of hydrogen-bond acceptors (Lipinski definition) is 6. The van der Waals surface area contributed by atoms with E-state index in [4.69, 9.17) is 16.1 Å². The van der Waals surface area contributed by atoms with Gasteiger partial charge in [0.15, 0.2) is 0 Å². The van der Waals surface area contributed by atoms with E-state index in [1.165, 1.54) is 6.07 Å². The lowest BCUT2D eigenvalue weighted by Gasteiger charge is -2.35. The van der Waals surface area contributed by atoms with Gasteiger partial charge in [-0.05, 0) is 68.2 Å². The normalized spacial score (nSPS) is 26.9. The van der Waals surface area contributed by atoms with Crippen LogP contribution in [0.4, 0.5) is 0 Å². The number of aromatic carboxylic acids is 1. The van der Waals surface area contributed by atoms with E-state index >= 15 is 0 Å². The Morgan fingerprint density at radius 1 is 1.21 bits per heavy atom. The van der Waals surface area contributed by atoms with E-state index in [1.807, 2.05) is 0 Å². The molecule has 1 fully saturated rings. The molecule has 9 heteroatoms. The summed E-state index contributed by atoms with van der Waals surface area (Å²) in [4.78, 5) is 23.8. The van der Waals surface area contributed by atoms with Gasteiger partial charge in [0.2, 0.25) is 5.91 Å². The standard InChI is InChI=1S/C19H28BN3O5/c21-9-13-5-4-11(6-14(13)10-22)7-17(24)23-16-8-12-2-1-3-15(19(25)26)18(12)28-20(16)27/h1-3,11,13-14,16,27H,4-10,21-22H2,(H,23,24)(H,25,26)/t11-,13+,14+,16+/m1/s1. The topological polar surface area (TPSA) is 148 Å². The highest BCUT2D eigenvalue weighted by atomic mass is 16.5. The lowest BCUT2D eigenvalue weighted by Crippen LogP contribution is -2.53. The van der Waals surface area contributed by atoms with Crippen LogP contribution in [0.1, 0.15) is 41.6 Å². The first-order valence-electron chi connectivity index (χ1n) is 9.82. The molecule has 0 unspecified atom stereocenters. The molecule has 1 aromatic carbocycles. The monoisotopic (exact) mass is 389 g/mol. The van der Waals surface area contributed by atoms with Gasteiger partial charge in [0.1, 0.15) is 5.75 Å². The smallest absolute Gasteiger partial charge is 0.534 e. The molecule has 28 heavy (non-hydrogen) atoms. The zero-order valence-electron chi connectivity index (χ0n) is 15.8. The second kappa shape index (κ2) is 8.94. The lowest BCUT2D eigenvalue weighted by molar-refractivity contribution is -0.122. The number of nitrogens with one attached hydrogen (secondary N) is 1. The van der Waals surface area contributed by atoms with Crippen molar-refractivity contribution < 1.29 is 24.4 Å². The Morgan fingerprint density at radius 2 is 1.96 bits per heavy atom. The van der Waals surface area contributed by atoms with Gasteiger partial charge in [-0.1, -0.05) is 12.1 Å². The summed E-state index contributed by atoms with van der Waals surface area (Å²) in [6, 6.07) is 4.80. The van der Waals surface area contributed by atoms with E-state index in [9.17, 15) is 19.7 Å². The van der Waals surface area contributed by atoms with Gasteiger partial charge in [-0.3, -0.25) is 4.79 Å². The number of carboxylic acid groups (broad SMARTS) is 1. The van der Waals surface area contributed by atoms with Gasteiger partial charge >= 0.3 is 13.1 Å². The molecule has 1 amide bonds. The van der Waals surface area contributed by atoms with Crippen LogP contribution in [-0.4, -0.2) is 48.2 Å². The van der Waals surface area contributed by atoms with Crippen molar-refractivity contribution in [1.29, 1.82) is 0 Å². The second-order valence-electron chi connectivity index (χ2n) is 7.86. The molecule has 0 radical (unpaired) electrons. The van der Waals surface area contributed by atoms with Gasteiger partial charge in [-0.2, -0.15) is 0 Å². The number of amides is 1. The molecular weight excluding hydrogens is 361 g/mol. The molecule has 0 aromatic heterocycles. The average Bonchev–Trinajstić information content (AvgIpc) is 2.67. The first-order chi connectivity index (χ1) is 13.4. The minimum Gasteiger partial charge on any atom is -0.534 e. The fourth-order valence-corrected chi connectivity index (χ4v) is 4.45. The third-order valence-corrected chi connectivity index (χ3v) is 6.02. The van der Waals surface area contributed by atoms with Crippen LogP contribution in [0.2, 0.25) is 0 Å². The summed E-state index contributed by atoms with van der Waals surface area (Å²) in [5.41, 5.74) is 12.3. The van der Waals surface area contributed by atoms with Crippen LogP contribution in [0.3, 0.4) is 0 Å². The molecule has 8 nitrogen and oxygen atoms in total. The number of benzene rings is 1. The predicted molar refractivity (Wildman–Crippen MR) is 105 cm³/mol. The van der Waals surface area contributed by atoms with Crippen LogP contribution in [0, 0.1) is 17.8 Å². The number of hydrogen-bond donors (Lipinski definition) is 5. The van der Waals surface area contributed by atoms with Gasteiger partial charge < -0.3 is 31.6 Å². The number of para-hydroxylation sites is 1. The molecule has 4 atom stereocenters. The summed E-state index contributed by atoms with van der Waals surface area (Å²) in [6.07, 6.45) is 3.51. The zero-order chi connectivity index (χ0) is 20.3. The quantitative estimate of drug-likeness (QED) is 0.436. The Kier molecular flexibility index (Phi) is 6.59. The van der Waals surface area contributed by atoms with Gasteiger partial charge in [0.05, 0.1) is 11.5 Å². The summed E-state index contributed by atoms with van der Waals surface area (Å²) >= 11 is 0. The van der Waals surface area contributed by atoms with Crippen molar-refractivity contribution in [2.75, 3.05) is 13.1 Å². The highest BCUT2D eigenvalue weighted by molar-refractivity contribution is 6.47. The van der Waals surface area contributed by atoms with Crippen molar-refractivity contribution in [3.05, 3.63) is 29.3 Å². The van der Waals surface area contributed by atoms with Crippen LogP contribution in [0.15, 0.2) is 18.2 Å². The molecule has 1 saturated carbocycles. The fourth-order valence-electron chi connectivity index (χ4n) is 4.45. The Hall–Kier alpha value is -2.10. The molecule has 1 heterocycles. The Bertz CT molecular complexity index is 732. The van der Waals surface area contributed by atoms with Crippen molar-refractivity contribution in [2.24, 2.45) is 29.2 Å². The number of fused-ring (bicyclic) bond motifs is 1. The van der Waals surface area contributed by atoms with Crippen molar-refractivity contribution in [3.8, 4) is 5.75 Å². The van der Waals surface area contributed by atoms with E-state index in [0.717, 1.165) is 19.3 Å². The Morgan fingerprint density at radius 3 is 2.64 bits per heavy atom. The first kappa shape index (κ1) is 20.6. The van der Waals surface area contributed by atoms with Crippen LogP contribution in [-0.2, 0) is 11.2 Å². The summed E-state index contributed by atoms with van der Waals surface area (Å²) < 4.78 is 5.42. The summed E-state index contributed by atoms with van der Waals surface area (Å²) in [5, 5.41) is 22.4. The van der Waals surface area contributed by atoms with Crippen LogP contribution in [0.5, 0.6) is 5.75 Å². The van der Waals surface area contributed by atoms with Gasteiger partial charge in [0, 0.05) is 6.42 Å². The summed E-state index contributed by atoms with van der Waals surface area (Å²) in [6.45, 7) is 1.21. The van der Waals surface area contributed by atoms with Crippen LogP contribution < -0.4 is 21.4 Å². The number of nitrogens with two attached hydrogens (primary N) is 2. The Balaban J connectivity index is 1.59. The van der Waals surface area contributed by atoms with E-state index < -0.39 is 19.0 Å². The molecule has 1 aliphatic carbocycles. The molecule has 7 N–H and O–H groups in total.